The molecule has 4 rings (SSSR count). The largest absolute Gasteiger partial charge is 0.490 e. The van der Waals surface area contributed by atoms with Gasteiger partial charge in [-0.25, -0.2) is 8.42 Å². The highest BCUT2D eigenvalue weighted by atomic mass is 32.2. The summed E-state index contributed by atoms with van der Waals surface area (Å²) in [5.74, 6) is 0.770. The van der Waals surface area contributed by atoms with Crippen LogP contribution in [0.2, 0.25) is 0 Å². The summed E-state index contributed by atoms with van der Waals surface area (Å²) < 4.78 is 39.0. The van der Waals surface area contributed by atoms with Crippen LogP contribution in [-0.2, 0) is 10.0 Å². The molecule has 2 aromatic carbocycles. The molecule has 0 spiro atoms. The number of pyridine rings is 1. The van der Waals surface area contributed by atoms with Crippen molar-refractivity contribution in [1.82, 2.24) is 14.2 Å². The van der Waals surface area contributed by atoms with Crippen molar-refractivity contribution in [2.75, 3.05) is 39.4 Å². The molecule has 1 aliphatic heterocycles. The van der Waals surface area contributed by atoms with E-state index in [2.05, 4.69) is 4.98 Å². The molecule has 0 radical (unpaired) electrons. The predicted molar refractivity (Wildman–Crippen MR) is 125 cm³/mol. The van der Waals surface area contributed by atoms with Crippen LogP contribution in [0.1, 0.15) is 24.2 Å². The second kappa shape index (κ2) is 9.76. The first kappa shape index (κ1) is 23.0. The van der Waals surface area contributed by atoms with Crippen LogP contribution in [0.4, 0.5) is 0 Å². The second-order valence-corrected chi connectivity index (χ2v) is 9.49. The Bertz CT molecular complexity index is 1250. The molecule has 1 fully saturated rings. The quantitative estimate of drug-likeness (QED) is 0.528. The Morgan fingerprint density at radius 2 is 1.64 bits per heavy atom. The smallest absolute Gasteiger partial charge is 0.256 e. The number of benzene rings is 2. The number of ether oxygens (including phenoxy) is 2. The van der Waals surface area contributed by atoms with Gasteiger partial charge in [0.05, 0.1) is 29.2 Å². The van der Waals surface area contributed by atoms with Crippen LogP contribution in [-0.4, -0.2) is 67.9 Å². The van der Waals surface area contributed by atoms with Gasteiger partial charge in [-0.3, -0.25) is 9.78 Å². The lowest BCUT2D eigenvalue weighted by atomic mass is 10.1. The summed E-state index contributed by atoms with van der Waals surface area (Å²) >= 11 is 0. The zero-order valence-electron chi connectivity index (χ0n) is 18.7. The molecule has 0 aliphatic carbocycles. The maximum Gasteiger partial charge on any atom is 0.256 e. The van der Waals surface area contributed by atoms with E-state index < -0.39 is 10.0 Å². The maximum absolute atomic E-state index is 13.3. The van der Waals surface area contributed by atoms with E-state index in [0.29, 0.717) is 48.9 Å². The van der Waals surface area contributed by atoms with Gasteiger partial charge in [-0.05, 0) is 38.1 Å². The lowest BCUT2D eigenvalue weighted by Gasteiger charge is -2.34. The van der Waals surface area contributed by atoms with Gasteiger partial charge in [0, 0.05) is 43.8 Å². The molecule has 8 nitrogen and oxygen atoms in total. The monoisotopic (exact) mass is 469 g/mol. The van der Waals surface area contributed by atoms with E-state index in [1.54, 1.807) is 23.2 Å². The fourth-order valence-corrected chi connectivity index (χ4v) is 5.36. The summed E-state index contributed by atoms with van der Waals surface area (Å²) in [4.78, 5) is 19.3. The molecule has 1 aromatic heterocycles. The van der Waals surface area contributed by atoms with Gasteiger partial charge in [0.15, 0.2) is 11.5 Å². The van der Waals surface area contributed by atoms with Crippen molar-refractivity contribution in [1.29, 1.82) is 0 Å². The van der Waals surface area contributed by atoms with Crippen molar-refractivity contribution < 1.29 is 22.7 Å². The number of piperazine rings is 1. The number of sulfonamides is 1. The van der Waals surface area contributed by atoms with Crippen LogP contribution >= 0.6 is 0 Å². The number of hydrogen-bond donors (Lipinski definition) is 0. The van der Waals surface area contributed by atoms with E-state index in [9.17, 15) is 13.2 Å². The van der Waals surface area contributed by atoms with Crippen molar-refractivity contribution >= 4 is 26.8 Å². The molecule has 1 saturated heterocycles. The minimum absolute atomic E-state index is 0.143. The first-order valence-corrected chi connectivity index (χ1v) is 12.4. The third kappa shape index (κ3) is 4.65. The van der Waals surface area contributed by atoms with Gasteiger partial charge in [0.1, 0.15) is 0 Å². The molecule has 1 aliphatic rings. The van der Waals surface area contributed by atoms with E-state index in [0.717, 1.165) is 5.39 Å². The number of nitrogens with zero attached hydrogens (tertiary/aromatic N) is 3. The number of carbonyl (C=O) groups is 1. The van der Waals surface area contributed by atoms with Gasteiger partial charge in [-0.1, -0.05) is 18.2 Å². The zero-order chi connectivity index (χ0) is 23.4. The van der Waals surface area contributed by atoms with Crippen LogP contribution in [0.25, 0.3) is 10.9 Å². The molecule has 3 aromatic rings. The average Bonchev–Trinajstić information content (AvgIpc) is 2.84. The van der Waals surface area contributed by atoms with E-state index >= 15 is 0 Å². The van der Waals surface area contributed by atoms with E-state index in [1.165, 1.54) is 16.4 Å². The number of carbonyl (C=O) groups excluding carboxylic acids is 1. The van der Waals surface area contributed by atoms with E-state index in [-0.39, 0.29) is 23.9 Å². The third-order valence-electron chi connectivity index (χ3n) is 5.54. The minimum Gasteiger partial charge on any atom is -0.490 e. The molecule has 0 unspecified atom stereocenters. The summed E-state index contributed by atoms with van der Waals surface area (Å²) in [6.45, 7) is 5.57. The second-order valence-electron chi connectivity index (χ2n) is 7.55. The minimum atomic E-state index is -3.74. The number of para-hydroxylation sites is 1. The van der Waals surface area contributed by atoms with Crippen LogP contribution in [0.3, 0.4) is 0 Å². The molecule has 174 valence electrons. The molecule has 1 amide bonds. The van der Waals surface area contributed by atoms with Crippen molar-refractivity contribution in [2.24, 2.45) is 0 Å². The first-order valence-electron chi connectivity index (χ1n) is 11.0. The van der Waals surface area contributed by atoms with Gasteiger partial charge in [0.2, 0.25) is 10.0 Å². The molecule has 0 saturated carbocycles. The van der Waals surface area contributed by atoms with Crippen LogP contribution in [0.5, 0.6) is 11.5 Å². The molecular weight excluding hydrogens is 442 g/mol. The highest BCUT2D eigenvalue weighted by Gasteiger charge is 2.31. The Morgan fingerprint density at radius 1 is 0.939 bits per heavy atom. The Hall–Kier alpha value is -3.17. The molecule has 0 bridgehead atoms. The van der Waals surface area contributed by atoms with Gasteiger partial charge in [-0.15, -0.1) is 0 Å². The number of rotatable bonds is 7. The topological polar surface area (TPSA) is 89.0 Å². The van der Waals surface area contributed by atoms with Crippen molar-refractivity contribution in [3.8, 4) is 11.5 Å². The zero-order valence-corrected chi connectivity index (χ0v) is 19.5. The normalized spacial score (nSPS) is 14.9. The Morgan fingerprint density at radius 3 is 2.36 bits per heavy atom. The fourth-order valence-electron chi connectivity index (χ4n) is 3.92. The summed E-state index contributed by atoms with van der Waals surface area (Å²) in [5.41, 5.74) is 1.18. The SMILES string of the molecule is CCOc1ccc(S(=O)(=O)N2CCN(C(=O)c3cccc4cccnc34)CC2)cc1OCC. The number of amides is 1. The van der Waals surface area contributed by atoms with Crippen LogP contribution in [0.15, 0.2) is 59.6 Å². The maximum atomic E-state index is 13.3. The third-order valence-corrected chi connectivity index (χ3v) is 7.44. The fraction of sp³-hybridized carbons (Fsp3) is 0.333. The predicted octanol–water partition coefficient (Wildman–Crippen LogP) is 3.18. The van der Waals surface area contributed by atoms with Gasteiger partial charge in [0.25, 0.3) is 5.91 Å². The Labute approximate surface area is 193 Å². The van der Waals surface area contributed by atoms with Gasteiger partial charge >= 0.3 is 0 Å². The summed E-state index contributed by atoms with van der Waals surface area (Å²) in [6, 6.07) is 13.9. The molecular formula is C24H27N3O5S. The Balaban J connectivity index is 1.50. The molecule has 9 heteroatoms. The number of aromatic nitrogens is 1. The van der Waals surface area contributed by atoms with Crippen molar-refractivity contribution in [3.05, 3.63) is 60.3 Å². The first-order chi connectivity index (χ1) is 16.0. The lowest BCUT2D eigenvalue weighted by Crippen LogP contribution is -2.50. The van der Waals surface area contributed by atoms with Gasteiger partial charge in [-0.2, -0.15) is 4.31 Å². The molecule has 2 heterocycles. The van der Waals surface area contributed by atoms with Crippen LogP contribution < -0.4 is 9.47 Å². The van der Waals surface area contributed by atoms with Gasteiger partial charge < -0.3 is 14.4 Å². The molecule has 33 heavy (non-hydrogen) atoms. The number of hydrogen-bond acceptors (Lipinski definition) is 6. The van der Waals surface area contributed by atoms with Crippen molar-refractivity contribution in [3.63, 3.8) is 0 Å². The van der Waals surface area contributed by atoms with E-state index in [1.807, 2.05) is 38.1 Å². The Kier molecular flexibility index (Phi) is 6.80. The van der Waals surface area contributed by atoms with E-state index in [4.69, 9.17) is 9.47 Å². The number of fused-ring (bicyclic) bond motifs is 1. The summed E-state index contributed by atoms with van der Waals surface area (Å²) in [7, 11) is -3.74. The molecule has 0 N–H and O–H groups in total. The summed E-state index contributed by atoms with van der Waals surface area (Å²) in [6.07, 6.45) is 1.66. The molecule has 0 atom stereocenters. The van der Waals surface area contributed by atoms with Crippen molar-refractivity contribution in [2.45, 2.75) is 18.7 Å². The van der Waals surface area contributed by atoms with Crippen LogP contribution in [0, 0.1) is 0 Å². The average molecular weight is 470 g/mol. The standard InChI is InChI=1S/C24H27N3O5S/c1-3-31-21-11-10-19(17-22(21)32-4-2)33(29,30)27-15-13-26(14-16-27)24(28)20-9-5-7-18-8-6-12-25-23(18)20/h5-12,17H,3-4,13-16H2,1-2H3. The highest BCUT2D eigenvalue weighted by Crippen LogP contribution is 2.32. The summed E-state index contributed by atoms with van der Waals surface area (Å²) in [5, 5.41) is 0.894. The highest BCUT2D eigenvalue weighted by molar-refractivity contribution is 7.89. The lowest BCUT2D eigenvalue weighted by molar-refractivity contribution is 0.0699.